The van der Waals surface area contributed by atoms with E-state index in [1.165, 1.54) is 94.6 Å². The zero-order valence-electron chi connectivity index (χ0n) is 19.3. The summed E-state index contributed by atoms with van der Waals surface area (Å²) >= 11 is 0. The number of unbranched alkanes of at least 4 members (excludes halogenated alkanes) is 1. The molecule has 1 nitrogen and oxygen atoms in total. The molecule has 0 amide bonds. The van der Waals surface area contributed by atoms with Gasteiger partial charge in [0.1, 0.15) is 0 Å². The fourth-order valence-corrected chi connectivity index (χ4v) is 6.07. The molecule has 2 aliphatic carbocycles. The number of hydrogen-bond donors (Lipinski definition) is 0. The standard InChI is InChI=1S/C29H43N/c1-2-24-11-13-25(14-12-24)9-5-6-10-27-17-21-29(22-18-27)28-19-15-26(16-20-28)8-4-3-7-23-30/h3,7,11-14,26-29H,2,4-6,8-10,15-22H2,1H3/b7-3+/t26?,27-,28?,29-. The fraction of sp³-hybridized carbons (Fsp3) is 0.690. The number of nitrogens with zero attached hydrogens (tertiary/aromatic N) is 1. The molecule has 3 rings (SSSR count). The van der Waals surface area contributed by atoms with E-state index in [-0.39, 0.29) is 0 Å². The topological polar surface area (TPSA) is 23.8 Å². The van der Waals surface area contributed by atoms with E-state index < -0.39 is 0 Å². The van der Waals surface area contributed by atoms with Crippen molar-refractivity contribution in [2.45, 2.75) is 103 Å². The summed E-state index contributed by atoms with van der Waals surface area (Å²) in [6, 6.07) is 11.4. The van der Waals surface area contributed by atoms with Crippen molar-refractivity contribution in [3.05, 3.63) is 47.5 Å². The Balaban J connectivity index is 1.25. The van der Waals surface area contributed by atoms with Crippen LogP contribution in [0.3, 0.4) is 0 Å². The first-order chi connectivity index (χ1) is 14.8. The lowest BCUT2D eigenvalue weighted by Gasteiger charge is -2.38. The number of hydrogen-bond acceptors (Lipinski definition) is 1. The molecule has 0 atom stereocenters. The van der Waals surface area contributed by atoms with E-state index in [2.05, 4.69) is 43.3 Å². The first kappa shape index (κ1) is 23.1. The summed E-state index contributed by atoms with van der Waals surface area (Å²) < 4.78 is 0. The second kappa shape index (κ2) is 13.0. The largest absolute Gasteiger partial charge is 0.193 e. The second-order valence-corrected chi connectivity index (χ2v) is 10.1. The second-order valence-electron chi connectivity index (χ2n) is 10.1. The van der Waals surface area contributed by atoms with E-state index in [1.54, 1.807) is 6.08 Å². The minimum Gasteiger partial charge on any atom is -0.193 e. The molecular weight excluding hydrogens is 362 g/mol. The highest BCUT2D eigenvalue weighted by molar-refractivity contribution is 5.22. The van der Waals surface area contributed by atoms with Gasteiger partial charge in [0.2, 0.25) is 0 Å². The molecule has 164 valence electrons. The van der Waals surface area contributed by atoms with Crippen LogP contribution in [-0.4, -0.2) is 0 Å². The van der Waals surface area contributed by atoms with Crippen LogP contribution in [0.25, 0.3) is 0 Å². The Labute approximate surface area is 186 Å². The van der Waals surface area contributed by atoms with Crippen LogP contribution in [0.5, 0.6) is 0 Å². The van der Waals surface area contributed by atoms with Crippen LogP contribution in [0, 0.1) is 35.0 Å². The van der Waals surface area contributed by atoms with Crippen molar-refractivity contribution < 1.29 is 0 Å². The number of benzene rings is 1. The zero-order valence-corrected chi connectivity index (χ0v) is 19.3. The van der Waals surface area contributed by atoms with Crippen molar-refractivity contribution in [1.29, 1.82) is 5.26 Å². The van der Waals surface area contributed by atoms with Crippen molar-refractivity contribution in [2.24, 2.45) is 23.7 Å². The maximum Gasteiger partial charge on any atom is 0.0908 e. The Morgan fingerprint density at radius 3 is 1.93 bits per heavy atom. The normalized spacial score (nSPS) is 27.2. The van der Waals surface area contributed by atoms with E-state index in [9.17, 15) is 0 Å². The van der Waals surface area contributed by atoms with Gasteiger partial charge in [0.25, 0.3) is 0 Å². The first-order valence-corrected chi connectivity index (χ1v) is 12.9. The molecule has 0 saturated heterocycles. The van der Waals surface area contributed by atoms with E-state index in [4.69, 9.17) is 5.26 Å². The molecule has 0 bridgehead atoms. The summed E-state index contributed by atoms with van der Waals surface area (Å²) in [4.78, 5) is 0. The molecule has 2 saturated carbocycles. The minimum atomic E-state index is 0.916. The van der Waals surface area contributed by atoms with Gasteiger partial charge in [0, 0.05) is 6.08 Å². The third kappa shape index (κ3) is 7.61. The number of nitriles is 1. The van der Waals surface area contributed by atoms with Gasteiger partial charge in [-0.15, -0.1) is 0 Å². The van der Waals surface area contributed by atoms with Crippen molar-refractivity contribution in [1.82, 2.24) is 0 Å². The SMILES string of the molecule is CCc1ccc(CCCC[C@H]2CC[C@H](C3CCC(CC/C=C/C#N)CC3)CC2)cc1. The van der Waals surface area contributed by atoms with E-state index in [0.29, 0.717) is 0 Å². The van der Waals surface area contributed by atoms with Crippen molar-refractivity contribution in [3.63, 3.8) is 0 Å². The van der Waals surface area contributed by atoms with Gasteiger partial charge in [-0.2, -0.15) is 5.26 Å². The Morgan fingerprint density at radius 1 is 0.800 bits per heavy atom. The van der Waals surface area contributed by atoms with Crippen LogP contribution < -0.4 is 0 Å². The predicted octanol–water partition coefficient (Wildman–Crippen LogP) is 8.43. The Bertz CT molecular complexity index is 649. The molecule has 0 aliphatic heterocycles. The molecule has 0 aromatic heterocycles. The van der Waals surface area contributed by atoms with E-state index in [0.717, 1.165) is 36.5 Å². The van der Waals surface area contributed by atoms with Gasteiger partial charge in [-0.1, -0.05) is 75.8 Å². The summed E-state index contributed by atoms with van der Waals surface area (Å²) in [6.07, 6.45) is 24.5. The smallest absolute Gasteiger partial charge is 0.0908 e. The summed E-state index contributed by atoms with van der Waals surface area (Å²) in [5.41, 5.74) is 2.98. The average Bonchev–Trinajstić information content (AvgIpc) is 2.81. The molecule has 2 aliphatic rings. The Hall–Kier alpha value is -1.55. The van der Waals surface area contributed by atoms with Gasteiger partial charge in [0.15, 0.2) is 0 Å². The summed E-state index contributed by atoms with van der Waals surface area (Å²) in [6.45, 7) is 2.23. The molecule has 0 N–H and O–H groups in total. The van der Waals surface area contributed by atoms with Crippen molar-refractivity contribution >= 4 is 0 Å². The lowest BCUT2D eigenvalue weighted by molar-refractivity contribution is 0.140. The van der Waals surface area contributed by atoms with Crippen LogP contribution in [-0.2, 0) is 12.8 Å². The molecule has 0 unspecified atom stereocenters. The molecule has 0 radical (unpaired) electrons. The molecule has 1 heteroatoms. The van der Waals surface area contributed by atoms with Gasteiger partial charge < -0.3 is 0 Å². The Kier molecular flexibility index (Phi) is 10.0. The lowest BCUT2D eigenvalue weighted by Crippen LogP contribution is -2.25. The Morgan fingerprint density at radius 2 is 1.37 bits per heavy atom. The summed E-state index contributed by atoms with van der Waals surface area (Å²) in [7, 11) is 0. The van der Waals surface area contributed by atoms with Gasteiger partial charge in [-0.05, 0) is 92.6 Å². The van der Waals surface area contributed by atoms with Gasteiger partial charge in [-0.3, -0.25) is 0 Å². The summed E-state index contributed by atoms with van der Waals surface area (Å²) in [5, 5.41) is 8.59. The number of allylic oxidation sites excluding steroid dienone is 2. The maximum atomic E-state index is 8.59. The molecule has 30 heavy (non-hydrogen) atoms. The average molecular weight is 406 g/mol. The molecule has 0 heterocycles. The van der Waals surface area contributed by atoms with E-state index in [1.807, 2.05) is 0 Å². The predicted molar refractivity (Wildman–Crippen MR) is 128 cm³/mol. The minimum absolute atomic E-state index is 0.916. The molecule has 1 aromatic carbocycles. The van der Waals surface area contributed by atoms with E-state index >= 15 is 0 Å². The highest BCUT2D eigenvalue weighted by Gasteiger charge is 2.30. The molecular formula is C29H43N. The third-order valence-electron chi connectivity index (χ3n) is 8.14. The molecule has 0 spiro atoms. The third-order valence-corrected chi connectivity index (χ3v) is 8.14. The zero-order chi connectivity index (χ0) is 21.0. The monoisotopic (exact) mass is 405 g/mol. The van der Waals surface area contributed by atoms with Gasteiger partial charge in [-0.25, -0.2) is 0 Å². The van der Waals surface area contributed by atoms with Gasteiger partial charge >= 0.3 is 0 Å². The van der Waals surface area contributed by atoms with Crippen LogP contribution in [0.2, 0.25) is 0 Å². The van der Waals surface area contributed by atoms with Crippen molar-refractivity contribution in [2.75, 3.05) is 0 Å². The quantitative estimate of drug-likeness (QED) is 0.283. The van der Waals surface area contributed by atoms with Crippen LogP contribution in [0.1, 0.15) is 102 Å². The van der Waals surface area contributed by atoms with Crippen LogP contribution in [0.4, 0.5) is 0 Å². The van der Waals surface area contributed by atoms with Crippen molar-refractivity contribution in [3.8, 4) is 6.07 Å². The lowest BCUT2D eigenvalue weighted by atomic mass is 9.68. The highest BCUT2D eigenvalue weighted by Crippen LogP contribution is 2.43. The number of aryl methyl sites for hydroxylation is 2. The van der Waals surface area contributed by atoms with Gasteiger partial charge in [0.05, 0.1) is 6.07 Å². The molecule has 2 fully saturated rings. The van der Waals surface area contributed by atoms with Crippen LogP contribution >= 0.6 is 0 Å². The maximum absolute atomic E-state index is 8.59. The first-order valence-electron chi connectivity index (χ1n) is 12.9. The molecule has 1 aromatic rings. The highest BCUT2D eigenvalue weighted by atomic mass is 14.4. The van der Waals surface area contributed by atoms with Crippen LogP contribution in [0.15, 0.2) is 36.4 Å². The summed E-state index contributed by atoms with van der Waals surface area (Å²) in [5.74, 6) is 3.96. The fourth-order valence-electron chi connectivity index (χ4n) is 6.07. The number of rotatable bonds is 10.